The molecule has 2 aromatic heterocycles. The molecular formula is C17H14ClN5O3. The number of benzene rings is 1. The van der Waals surface area contributed by atoms with Crippen LogP contribution in [0.4, 0.5) is 5.82 Å². The Morgan fingerprint density at radius 3 is 2.42 bits per heavy atom. The van der Waals surface area contributed by atoms with Gasteiger partial charge in [0, 0.05) is 13.2 Å². The van der Waals surface area contributed by atoms with E-state index in [1.807, 2.05) is 6.92 Å². The predicted molar refractivity (Wildman–Crippen MR) is 97.0 cm³/mol. The molecule has 0 aliphatic rings. The number of rotatable bonds is 3. The summed E-state index contributed by atoms with van der Waals surface area (Å²) in [6.07, 6.45) is 1.36. The largest absolute Gasteiger partial charge is 0.351 e. The molecule has 0 fully saturated rings. The fraction of sp³-hybridized carbons (Fsp3) is 0.118. The van der Waals surface area contributed by atoms with Crippen LogP contribution in [0.1, 0.15) is 16.1 Å². The van der Waals surface area contributed by atoms with Gasteiger partial charge in [-0.1, -0.05) is 29.3 Å². The molecule has 8 nitrogen and oxygen atoms in total. The zero-order chi connectivity index (χ0) is 18.8. The van der Waals surface area contributed by atoms with E-state index < -0.39 is 22.9 Å². The smallest absolute Gasteiger partial charge is 0.305 e. The fourth-order valence-corrected chi connectivity index (χ4v) is 2.31. The predicted octanol–water partition coefficient (Wildman–Crippen LogP) is 1.54. The number of pyridine rings is 1. The lowest BCUT2D eigenvalue weighted by Gasteiger charge is -2.09. The minimum absolute atomic E-state index is 0.205. The number of aromatic nitrogens is 4. The Balaban J connectivity index is 2.05. The summed E-state index contributed by atoms with van der Waals surface area (Å²) in [5, 5.41) is 6.82. The molecule has 0 atom stereocenters. The zero-order valence-electron chi connectivity index (χ0n) is 13.9. The van der Waals surface area contributed by atoms with Crippen LogP contribution in [-0.2, 0) is 7.05 Å². The molecule has 1 amide bonds. The van der Waals surface area contributed by atoms with E-state index in [2.05, 4.69) is 15.4 Å². The van der Waals surface area contributed by atoms with Crippen LogP contribution in [0.5, 0.6) is 0 Å². The minimum atomic E-state index is -0.801. The van der Waals surface area contributed by atoms with Crippen LogP contribution in [0.2, 0.25) is 5.02 Å². The normalized spacial score (nSPS) is 10.6. The van der Waals surface area contributed by atoms with Gasteiger partial charge in [-0.05, 0) is 31.2 Å². The van der Waals surface area contributed by atoms with Gasteiger partial charge in [0.1, 0.15) is 5.82 Å². The van der Waals surface area contributed by atoms with Crippen LogP contribution in [0, 0.1) is 6.92 Å². The number of hydrogen-bond donors (Lipinski definition) is 1. The highest BCUT2D eigenvalue weighted by Crippen LogP contribution is 2.10. The number of nitrogens with zero attached hydrogens (tertiary/aromatic N) is 4. The zero-order valence-corrected chi connectivity index (χ0v) is 14.7. The summed E-state index contributed by atoms with van der Waals surface area (Å²) >= 11 is 5.75. The van der Waals surface area contributed by atoms with E-state index in [0.717, 1.165) is 14.8 Å². The summed E-state index contributed by atoms with van der Waals surface area (Å²) in [6, 6.07) is 9.98. The minimum Gasteiger partial charge on any atom is -0.305 e. The molecule has 0 bridgehead atoms. The molecule has 2 heterocycles. The number of aryl methyl sites for hydroxylation is 1. The average Bonchev–Trinajstić information content (AvgIpc) is 2.63. The van der Waals surface area contributed by atoms with Crippen LogP contribution < -0.4 is 16.6 Å². The first kappa shape index (κ1) is 17.6. The molecule has 1 N–H and O–H groups in total. The van der Waals surface area contributed by atoms with Gasteiger partial charge in [-0.15, -0.1) is 0 Å². The SMILES string of the molecule is Cc1ccc(-n2nc(C(=O)Nc3ccc(Cl)cn3)c(=O)n(C)c2=O)cc1. The Morgan fingerprint density at radius 2 is 1.81 bits per heavy atom. The number of anilines is 1. The van der Waals surface area contributed by atoms with Gasteiger partial charge in [-0.25, -0.2) is 9.78 Å². The van der Waals surface area contributed by atoms with Gasteiger partial charge in [-0.2, -0.15) is 9.78 Å². The van der Waals surface area contributed by atoms with Gasteiger partial charge in [0.2, 0.25) is 5.69 Å². The molecule has 9 heteroatoms. The third-order valence-corrected chi connectivity index (χ3v) is 3.86. The lowest BCUT2D eigenvalue weighted by molar-refractivity contribution is 0.101. The molecule has 3 rings (SSSR count). The van der Waals surface area contributed by atoms with Gasteiger partial charge in [-0.3, -0.25) is 14.2 Å². The number of carbonyl (C=O) groups excluding carboxylic acids is 1. The Bertz CT molecular complexity index is 1090. The highest BCUT2D eigenvalue weighted by molar-refractivity contribution is 6.30. The highest BCUT2D eigenvalue weighted by atomic mass is 35.5. The molecule has 0 spiro atoms. The maximum Gasteiger partial charge on any atom is 0.351 e. The van der Waals surface area contributed by atoms with Crippen molar-refractivity contribution in [3.8, 4) is 5.69 Å². The maximum absolute atomic E-state index is 12.4. The molecule has 0 aliphatic carbocycles. The lowest BCUT2D eigenvalue weighted by atomic mass is 10.2. The van der Waals surface area contributed by atoms with Crippen molar-refractivity contribution >= 4 is 23.3 Å². The first-order chi connectivity index (χ1) is 12.4. The molecule has 0 radical (unpaired) electrons. The first-order valence-electron chi connectivity index (χ1n) is 7.57. The summed E-state index contributed by atoms with van der Waals surface area (Å²) in [4.78, 5) is 41.0. The molecule has 0 saturated heterocycles. The van der Waals surface area contributed by atoms with Crippen molar-refractivity contribution in [2.24, 2.45) is 7.05 Å². The van der Waals surface area contributed by atoms with E-state index in [9.17, 15) is 14.4 Å². The number of halogens is 1. The van der Waals surface area contributed by atoms with Crippen molar-refractivity contribution in [1.29, 1.82) is 0 Å². The van der Waals surface area contributed by atoms with E-state index in [-0.39, 0.29) is 5.82 Å². The van der Waals surface area contributed by atoms with Crippen LogP contribution >= 0.6 is 11.6 Å². The van der Waals surface area contributed by atoms with Crippen LogP contribution in [-0.4, -0.2) is 25.2 Å². The summed E-state index contributed by atoms with van der Waals surface area (Å²) in [5.41, 5.74) is -0.442. The standard InChI is InChI=1S/C17H14ClN5O3/c1-10-3-6-12(7-4-10)23-17(26)22(2)16(25)14(21-23)15(24)20-13-8-5-11(18)9-19-13/h3-9H,1-2H3,(H,19,20,24). The number of nitrogens with one attached hydrogen (secondary N) is 1. The second-order valence-electron chi connectivity index (χ2n) is 5.56. The van der Waals surface area contributed by atoms with E-state index in [0.29, 0.717) is 10.7 Å². The average molecular weight is 372 g/mol. The summed E-state index contributed by atoms with van der Waals surface area (Å²) in [7, 11) is 1.29. The number of hydrogen-bond acceptors (Lipinski definition) is 5. The Kier molecular flexibility index (Phi) is 4.68. The first-order valence-corrected chi connectivity index (χ1v) is 7.95. The summed E-state index contributed by atoms with van der Waals surface area (Å²) < 4.78 is 1.84. The maximum atomic E-state index is 12.4. The summed E-state index contributed by atoms with van der Waals surface area (Å²) in [6.45, 7) is 1.90. The third-order valence-electron chi connectivity index (χ3n) is 3.64. The van der Waals surface area contributed by atoms with E-state index in [1.54, 1.807) is 30.3 Å². The van der Waals surface area contributed by atoms with Gasteiger partial charge >= 0.3 is 5.69 Å². The summed E-state index contributed by atoms with van der Waals surface area (Å²) in [5.74, 6) is -0.572. The highest BCUT2D eigenvalue weighted by Gasteiger charge is 2.19. The molecule has 3 aromatic rings. The van der Waals surface area contributed by atoms with Gasteiger partial charge in [0.15, 0.2) is 0 Å². The van der Waals surface area contributed by atoms with Crippen molar-refractivity contribution in [1.82, 2.24) is 19.3 Å². The number of amides is 1. The van der Waals surface area contributed by atoms with E-state index in [1.165, 1.54) is 19.3 Å². The van der Waals surface area contributed by atoms with Crippen molar-refractivity contribution in [3.05, 3.63) is 79.7 Å². The third kappa shape index (κ3) is 3.40. The molecular weight excluding hydrogens is 358 g/mol. The molecule has 0 aliphatic heterocycles. The lowest BCUT2D eigenvalue weighted by Crippen LogP contribution is -2.43. The quantitative estimate of drug-likeness (QED) is 0.753. The Hall–Kier alpha value is -3.26. The van der Waals surface area contributed by atoms with Crippen molar-refractivity contribution < 1.29 is 4.79 Å². The van der Waals surface area contributed by atoms with Gasteiger partial charge in [0.25, 0.3) is 11.5 Å². The van der Waals surface area contributed by atoms with Gasteiger partial charge in [0.05, 0.1) is 10.7 Å². The van der Waals surface area contributed by atoms with Crippen molar-refractivity contribution in [2.45, 2.75) is 6.92 Å². The molecule has 0 saturated carbocycles. The fourth-order valence-electron chi connectivity index (χ4n) is 2.20. The van der Waals surface area contributed by atoms with Gasteiger partial charge < -0.3 is 5.32 Å². The van der Waals surface area contributed by atoms with E-state index >= 15 is 0 Å². The molecule has 132 valence electrons. The van der Waals surface area contributed by atoms with Crippen molar-refractivity contribution in [3.63, 3.8) is 0 Å². The monoisotopic (exact) mass is 371 g/mol. The van der Waals surface area contributed by atoms with E-state index in [4.69, 9.17) is 11.6 Å². The van der Waals surface area contributed by atoms with Crippen LogP contribution in [0.15, 0.2) is 52.2 Å². The molecule has 0 unspecified atom stereocenters. The van der Waals surface area contributed by atoms with Crippen LogP contribution in [0.3, 0.4) is 0 Å². The number of carbonyl (C=O) groups is 1. The van der Waals surface area contributed by atoms with Crippen molar-refractivity contribution in [2.75, 3.05) is 5.32 Å². The Morgan fingerprint density at radius 1 is 1.12 bits per heavy atom. The topological polar surface area (TPSA) is 98.9 Å². The second-order valence-corrected chi connectivity index (χ2v) is 5.99. The van der Waals surface area contributed by atoms with Crippen LogP contribution in [0.25, 0.3) is 5.69 Å². The second kappa shape index (κ2) is 6.93. The molecule has 26 heavy (non-hydrogen) atoms. The Labute approximate surface area is 152 Å². The molecule has 1 aromatic carbocycles.